The molecule has 0 aromatic heterocycles. The van der Waals surface area contributed by atoms with Crippen molar-refractivity contribution in [3.05, 3.63) is 35.6 Å². The molecule has 1 aromatic rings. The Hall–Kier alpha value is -2.35. The van der Waals surface area contributed by atoms with E-state index in [1.807, 2.05) is 20.8 Å². The molecule has 0 saturated carbocycles. The second-order valence-corrected chi connectivity index (χ2v) is 7.46. The topological polar surface area (TPSA) is 75.2 Å². The van der Waals surface area contributed by atoms with Crippen LogP contribution in [0.4, 0.5) is 9.18 Å². The fourth-order valence-corrected chi connectivity index (χ4v) is 2.64. The van der Waals surface area contributed by atoms with Crippen LogP contribution in [-0.2, 0) is 9.47 Å². The monoisotopic (exact) mass is 380 g/mol. The first kappa shape index (κ1) is 21.0. The first-order chi connectivity index (χ1) is 12.7. The molecule has 0 bridgehead atoms. The zero-order chi connectivity index (χ0) is 20.0. The van der Waals surface area contributed by atoms with Crippen LogP contribution in [0.25, 0.3) is 0 Å². The van der Waals surface area contributed by atoms with E-state index in [-0.39, 0.29) is 24.1 Å². The van der Waals surface area contributed by atoms with Gasteiger partial charge in [0.15, 0.2) is 5.96 Å². The Kier molecular flexibility index (Phi) is 7.01. The van der Waals surface area contributed by atoms with Crippen molar-refractivity contribution in [1.29, 1.82) is 0 Å². The summed E-state index contributed by atoms with van der Waals surface area (Å²) in [7, 11) is 3.29. The van der Waals surface area contributed by atoms with Crippen LogP contribution in [0.15, 0.2) is 29.3 Å². The summed E-state index contributed by atoms with van der Waals surface area (Å²) < 4.78 is 23.9. The molecule has 1 aromatic carbocycles. The summed E-state index contributed by atoms with van der Waals surface area (Å²) in [6.45, 7) is 7.13. The molecule has 150 valence electrons. The first-order valence-electron chi connectivity index (χ1n) is 8.95. The number of guanidine groups is 1. The summed E-state index contributed by atoms with van der Waals surface area (Å²) in [5.74, 6) is 0.339. The van der Waals surface area contributed by atoms with E-state index in [2.05, 4.69) is 15.6 Å². The molecule has 1 saturated heterocycles. The Morgan fingerprint density at radius 3 is 2.48 bits per heavy atom. The second-order valence-electron chi connectivity index (χ2n) is 7.46. The highest BCUT2D eigenvalue weighted by molar-refractivity contribution is 5.80. The van der Waals surface area contributed by atoms with Gasteiger partial charge in [0.05, 0.1) is 12.1 Å². The Labute approximate surface area is 159 Å². The summed E-state index contributed by atoms with van der Waals surface area (Å²) in [6.07, 6.45) is -0.539. The molecule has 1 unspecified atom stereocenters. The molecule has 1 atom stereocenters. The zero-order valence-electron chi connectivity index (χ0n) is 16.6. The summed E-state index contributed by atoms with van der Waals surface area (Å²) in [4.78, 5) is 17.8. The number of rotatable bonds is 5. The third kappa shape index (κ3) is 6.39. The molecule has 27 heavy (non-hydrogen) atoms. The van der Waals surface area contributed by atoms with E-state index in [1.165, 1.54) is 12.1 Å². The van der Waals surface area contributed by atoms with Crippen LogP contribution in [-0.4, -0.2) is 62.4 Å². The molecular formula is C19H29FN4O3. The number of carbonyl (C=O) groups is 1. The van der Waals surface area contributed by atoms with E-state index in [0.717, 1.165) is 5.56 Å². The van der Waals surface area contributed by atoms with Crippen LogP contribution in [0.1, 0.15) is 32.4 Å². The van der Waals surface area contributed by atoms with Gasteiger partial charge in [-0.3, -0.25) is 4.99 Å². The number of aliphatic imine (C=N–C) groups is 1. The number of nitrogens with one attached hydrogen (secondary N) is 2. The number of carbonyl (C=O) groups excluding carboxylic acids is 1. The van der Waals surface area contributed by atoms with Crippen LogP contribution >= 0.6 is 0 Å². The molecule has 1 aliphatic heterocycles. The quantitative estimate of drug-likeness (QED) is 0.606. The Balaban J connectivity index is 1.78. The van der Waals surface area contributed by atoms with Gasteiger partial charge in [0, 0.05) is 33.8 Å². The predicted molar refractivity (Wildman–Crippen MR) is 102 cm³/mol. The molecule has 7 nitrogen and oxygen atoms in total. The van der Waals surface area contributed by atoms with Gasteiger partial charge in [-0.2, -0.15) is 0 Å². The van der Waals surface area contributed by atoms with Crippen molar-refractivity contribution in [2.75, 3.05) is 33.8 Å². The SMILES string of the molecule is CN=C(NCC(OC)c1ccc(F)cc1)NC1CN(C(=O)OC(C)(C)C)C1. The van der Waals surface area contributed by atoms with Crippen LogP contribution in [0, 0.1) is 5.82 Å². The molecule has 1 amide bonds. The molecule has 1 fully saturated rings. The molecule has 0 aliphatic carbocycles. The number of hydrogen-bond acceptors (Lipinski definition) is 4. The van der Waals surface area contributed by atoms with E-state index >= 15 is 0 Å². The maximum absolute atomic E-state index is 13.1. The van der Waals surface area contributed by atoms with E-state index in [9.17, 15) is 9.18 Å². The van der Waals surface area contributed by atoms with Crippen molar-refractivity contribution in [1.82, 2.24) is 15.5 Å². The lowest BCUT2D eigenvalue weighted by Gasteiger charge is -2.40. The van der Waals surface area contributed by atoms with E-state index in [4.69, 9.17) is 9.47 Å². The highest BCUT2D eigenvalue weighted by Gasteiger charge is 2.34. The Bertz CT molecular complexity index is 652. The van der Waals surface area contributed by atoms with Crippen LogP contribution < -0.4 is 10.6 Å². The molecule has 1 aliphatic rings. The number of methoxy groups -OCH3 is 1. The summed E-state index contributed by atoms with van der Waals surface area (Å²) >= 11 is 0. The molecular weight excluding hydrogens is 351 g/mol. The molecule has 1 heterocycles. The lowest BCUT2D eigenvalue weighted by Crippen LogP contribution is -2.63. The number of benzene rings is 1. The second kappa shape index (κ2) is 9.03. The normalized spacial score (nSPS) is 16.5. The highest BCUT2D eigenvalue weighted by atomic mass is 19.1. The van der Waals surface area contributed by atoms with Gasteiger partial charge in [-0.05, 0) is 38.5 Å². The van der Waals surface area contributed by atoms with Gasteiger partial charge in [-0.15, -0.1) is 0 Å². The fraction of sp³-hybridized carbons (Fsp3) is 0.579. The third-order valence-corrected chi connectivity index (χ3v) is 4.08. The highest BCUT2D eigenvalue weighted by Crippen LogP contribution is 2.17. The number of likely N-dealkylation sites (tertiary alicyclic amines) is 1. The van der Waals surface area contributed by atoms with E-state index in [1.54, 1.807) is 31.2 Å². The van der Waals surface area contributed by atoms with E-state index < -0.39 is 5.60 Å². The lowest BCUT2D eigenvalue weighted by atomic mass is 10.1. The van der Waals surface area contributed by atoms with Crippen molar-refractivity contribution in [3.8, 4) is 0 Å². The Morgan fingerprint density at radius 1 is 1.33 bits per heavy atom. The largest absolute Gasteiger partial charge is 0.444 e. The predicted octanol–water partition coefficient (Wildman–Crippen LogP) is 2.30. The van der Waals surface area contributed by atoms with Crippen molar-refractivity contribution in [2.45, 2.75) is 38.5 Å². The molecule has 0 radical (unpaired) electrons. The number of hydrogen-bond donors (Lipinski definition) is 2. The first-order valence-corrected chi connectivity index (χ1v) is 8.95. The minimum absolute atomic E-state index is 0.107. The molecule has 2 rings (SSSR count). The van der Waals surface area contributed by atoms with Gasteiger partial charge in [-0.25, -0.2) is 9.18 Å². The van der Waals surface area contributed by atoms with Gasteiger partial charge in [-0.1, -0.05) is 12.1 Å². The number of ether oxygens (including phenoxy) is 2. The molecule has 0 spiro atoms. The standard InChI is InChI=1S/C19H29FN4O3/c1-19(2,3)27-18(25)24-11-15(12-24)23-17(21-4)22-10-16(26-5)13-6-8-14(20)9-7-13/h6-9,15-16H,10-12H2,1-5H3,(H2,21,22,23). The van der Waals surface area contributed by atoms with Gasteiger partial charge < -0.3 is 25.0 Å². The number of amides is 1. The summed E-state index contributed by atoms with van der Waals surface area (Å²) in [5, 5.41) is 6.47. The third-order valence-electron chi connectivity index (χ3n) is 4.08. The van der Waals surface area contributed by atoms with Crippen molar-refractivity contribution in [2.24, 2.45) is 4.99 Å². The van der Waals surface area contributed by atoms with E-state index in [0.29, 0.717) is 25.6 Å². The van der Waals surface area contributed by atoms with Crippen LogP contribution in [0.3, 0.4) is 0 Å². The maximum Gasteiger partial charge on any atom is 0.410 e. The molecule has 2 N–H and O–H groups in total. The van der Waals surface area contributed by atoms with Crippen LogP contribution in [0.5, 0.6) is 0 Å². The summed E-state index contributed by atoms with van der Waals surface area (Å²) in [5.41, 5.74) is 0.379. The van der Waals surface area contributed by atoms with Crippen molar-refractivity contribution in [3.63, 3.8) is 0 Å². The van der Waals surface area contributed by atoms with Gasteiger partial charge >= 0.3 is 6.09 Å². The lowest BCUT2D eigenvalue weighted by molar-refractivity contribution is 0.00699. The van der Waals surface area contributed by atoms with Gasteiger partial charge in [0.25, 0.3) is 0 Å². The average Bonchev–Trinajstić information content (AvgIpc) is 2.55. The number of nitrogens with zero attached hydrogens (tertiary/aromatic N) is 2. The molecule has 8 heteroatoms. The number of halogens is 1. The maximum atomic E-state index is 13.1. The van der Waals surface area contributed by atoms with Gasteiger partial charge in [0.2, 0.25) is 0 Å². The van der Waals surface area contributed by atoms with Crippen molar-refractivity contribution < 1.29 is 18.7 Å². The minimum atomic E-state index is -0.497. The fourth-order valence-electron chi connectivity index (χ4n) is 2.64. The van der Waals surface area contributed by atoms with Crippen molar-refractivity contribution >= 4 is 12.1 Å². The average molecular weight is 380 g/mol. The Morgan fingerprint density at radius 2 is 1.96 bits per heavy atom. The van der Waals surface area contributed by atoms with Gasteiger partial charge in [0.1, 0.15) is 11.4 Å². The zero-order valence-corrected chi connectivity index (χ0v) is 16.6. The smallest absolute Gasteiger partial charge is 0.410 e. The minimum Gasteiger partial charge on any atom is -0.444 e. The van der Waals surface area contributed by atoms with Crippen LogP contribution in [0.2, 0.25) is 0 Å². The summed E-state index contributed by atoms with van der Waals surface area (Å²) in [6, 6.07) is 6.33.